The van der Waals surface area contributed by atoms with Gasteiger partial charge in [-0.05, 0) is 18.9 Å². The summed E-state index contributed by atoms with van der Waals surface area (Å²) in [5.41, 5.74) is 10.9. The van der Waals surface area contributed by atoms with Crippen LogP contribution in [0.15, 0.2) is 30.1 Å². The SMILES string of the molecule is N/C=C(\C=C(/N)C(F)F)c1nc2cc(F)c(F)cc2n1C1CC1. The van der Waals surface area contributed by atoms with Crippen LogP contribution < -0.4 is 11.5 Å². The zero-order valence-electron chi connectivity index (χ0n) is 11.9. The first-order valence-corrected chi connectivity index (χ1v) is 6.96. The van der Waals surface area contributed by atoms with Crippen LogP contribution >= 0.6 is 0 Å². The van der Waals surface area contributed by atoms with E-state index in [9.17, 15) is 17.6 Å². The van der Waals surface area contributed by atoms with Crippen LogP contribution in [-0.4, -0.2) is 16.0 Å². The Morgan fingerprint density at radius 2 is 1.91 bits per heavy atom. The number of aromatic nitrogens is 2. The molecule has 4 N–H and O–H groups in total. The van der Waals surface area contributed by atoms with Gasteiger partial charge in [-0.1, -0.05) is 0 Å². The van der Waals surface area contributed by atoms with Gasteiger partial charge in [0.15, 0.2) is 11.6 Å². The molecule has 0 bridgehead atoms. The van der Waals surface area contributed by atoms with Crippen molar-refractivity contribution in [2.45, 2.75) is 25.3 Å². The third-order valence-electron chi connectivity index (χ3n) is 3.66. The Bertz CT molecular complexity index is 818. The molecule has 8 heteroatoms. The van der Waals surface area contributed by atoms with E-state index in [2.05, 4.69) is 4.98 Å². The molecule has 0 radical (unpaired) electrons. The van der Waals surface area contributed by atoms with Crippen LogP contribution in [0.2, 0.25) is 0 Å². The number of nitrogens with two attached hydrogens (primary N) is 2. The first-order chi connectivity index (χ1) is 10.9. The second-order valence-electron chi connectivity index (χ2n) is 5.36. The quantitative estimate of drug-likeness (QED) is 0.670. The number of nitrogens with zero attached hydrogens (tertiary/aromatic N) is 2. The van der Waals surface area contributed by atoms with Crippen LogP contribution in [-0.2, 0) is 0 Å². The van der Waals surface area contributed by atoms with Crippen molar-refractivity contribution in [3.8, 4) is 0 Å². The van der Waals surface area contributed by atoms with Crippen molar-refractivity contribution >= 4 is 16.6 Å². The Balaban J connectivity index is 2.20. The van der Waals surface area contributed by atoms with E-state index >= 15 is 0 Å². The molecule has 0 spiro atoms. The van der Waals surface area contributed by atoms with Crippen LogP contribution in [0.4, 0.5) is 17.6 Å². The van der Waals surface area contributed by atoms with E-state index in [0.29, 0.717) is 5.52 Å². The molecule has 2 aromatic rings. The molecule has 0 unspecified atom stereocenters. The number of rotatable bonds is 4. The highest BCUT2D eigenvalue weighted by Gasteiger charge is 2.30. The summed E-state index contributed by atoms with van der Waals surface area (Å²) in [6, 6.07) is 2.07. The molecule has 0 amide bonds. The molecule has 1 aromatic carbocycles. The van der Waals surface area contributed by atoms with Gasteiger partial charge in [-0.15, -0.1) is 0 Å². The lowest BCUT2D eigenvalue weighted by Gasteiger charge is -2.09. The number of hydrogen-bond donors (Lipinski definition) is 2. The third-order valence-corrected chi connectivity index (χ3v) is 3.66. The molecule has 122 valence electrons. The van der Waals surface area contributed by atoms with Crippen LogP contribution in [0.1, 0.15) is 24.7 Å². The van der Waals surface area contributed by atoms with Crippen LogP contribution in [0, 0.1) is 11.6 Å². The van der Waals surface area contributed by atoms with E-state index in [-0.39, 0.29) is 23.0 Å². The number of fused-ring (bicyclic) bond motifs is 1. The summed E-state index contributed by atoms with van der Waals surface area (Å²) in [5.74, 6) is -1.75. The van der Waals surface area contributed by atoms with Crippen molar-refractivity contribution in [3.63, 3.8) is 0 Å². The van der Waals surface area contributed by atoms with Crippen molar-refractivity contribution in [1.82, 2.24) is 9.55 Å². The lowest BCUT2D eigenvalue weighted by Crippen LogP contribution is -2.09. The summed E-state index contributed by atoms with van der Waals surface area (Å²) in [5, 5.41) is 0. The number of benzene rings is 1. The fraction of sp³-hybridized carbons (Fsp3) is 0.267. The Morgan fingerprint density at radius 1 is 1.26 bits per heavy atom. The second kappa shape index (κ2) is 5.60. The second-order valence-corrected chi connectivity index (χ2v) is 5.36. The van der Waals surface area contributed by atoms with Gasteiger partial charge >= 0.3 is 0 Å². The van der Waals surface area contributed by atoms with E-state index in [4.69, 9.17) is 11.5 Å². The third kappa shape index (κ3) is 2.76. The summed E-state index contributed by atoms with van der Waals surface area (Å²) in [6.07, 6.45) is 0.963. The first kappa shape index (κ1) is 15.4. The minimum absolute atomic E-state index is 0.0518. The van der Waals surface area contributed by atoms with E-state index in [1.54, 1.807) is 4.57 Å². The van der Waals surface area contributed by atoms with Gasteiger partial charge in [0.05, 0.1) is 16.7 Å². The zero-order valence-corrected chi connectivity index (χ0v) is 11.9. The summed E-state index contributed by atoms with van der Waals surface area (Å²) in [4.78, 5) is 4.22. The predicted molar refractivity (Wildman–Crippen MR) is 78.4 cm³/mol. The van der Waals surface area contributed by atoms with Crippen LogP contribution in [0.25, 0.3) is 16.6 Å². The molecule has 1 saturated carbocycles. The van der Waals surface area contributed by atoms with Gasteiger partial charge in [0.2, 0.25) is 0 Å². The number of alkyl halides is 2. The molecular weight excluding hydrogens is 312 g/mol. The average Bonchev–Trinajstić information content (AvgIpc) is 3.27. The molecule has 1 fully saturated rings. The number of hydrogen-bond acceptors (Lipinski definition) is 3. The summed E-state index contributed by atoms with van der Waals surface area (Å²) >= 11 is 0. The minimum Gasteiger partial charge on any atom is -0.404 e. The highest BCUT2D eigenvalue weighted by molar-refractivity contribution is 5.82. The van der Waals surface area contributed by atoms with Crippen molar-refractivity contribution < 1.29 is 17.6 Å². The van der Waals surface area contributed by atoms with Gasteiger partial charge < -0.3 is 16.0 Å². The molecule has 3 rings (SSSR count). The van der Waals surface area contributed by atoms with E-state index < -0.39 is 23.8 Å². The maximum absolute atomic E-state index is 13.5. The van der Waals surface area contributed by atoms with E-state index in [0.717, 1.165) is 37.3 Å². The fourth-order valence-corrected chi connectivity index (χ4v) is 2.43. The Kier molecular flexibility index (Phi) is 3.75. The van der Waals surface area contributed by atoms with Crippen LogP contribution in [0.5, 0.6) is 0 Å². The Labute approximate surface area is 129 Å². The van der Waals surface area contributed by atoms with Crippen molar-refractivity contribution in [1.29, 1.82) is 0 Å². The predicted octanol–water partition coefficient (Wildman–Crippen LogP) is 3.06. The molecule has 0 atom stereocenters. The Hall–Kier alpha value is -2.51. The molecule has 1 heterocycles. The van der Waals surface area contributed by atoms with Gasteiger partial charge in [-0.25, -0.2) is 22.5 Å². The normalized spacial score (nSPS) is 16.6. The van der Waals surface area contributed by atoms with E-state index in [1.807, 2.05) is 0 Å². The van der Waals surface area contributed by atoms with Gasteiger partial charge in [-0.3, -0.25) is 0 Å². The van der Waals surface area contributed by atoms with Gasteiger partial charge in [0.25, 0.3) is 6.43 Å². The topological polar surface area (TPSA) is 69.9 Å². The molecule has 1 aliphatic carbocycles. The van der Waals surface area contributed by atoms with Gasteiger partial charge in [-0.2, -0.15) is 0 Å². The lowest BCUT2D eigenvalue weighted by molar-refractivity contribution is 0.188. The highest BCUT2D eigenvalue weighted by Crippen LogP contribution is 2.40. The summed E-state index contributed by atoms with van der Waals surface area (Å²) in [6.45, 7) is 0. The van der Waals surface area contributed by atoms with Crippen molar-refractivity contribution in [3.05, 3.63) is 47.6 Å². The number of allylic oxidation sites excluding steroid dienone is 3. The molecule has 4 nitrogen and oxygen atoms in total. The largest absolute Gasteiger partial charge is 0.404 e. The number of imidazole rings is 1. The first-order valence-electron chi connectivity index (χ1n) is 6.96. The monoisotopic (exact) mass is 326 g/mol. The molecule has 1 aliphatic rings. The molecular formula is C15H14F4N4. The highest BCUT2D eigenvalue weighted by atomic mass is 19.3. The standard InChI is InChI=1S/C15H14F4N4/c16-9-4-12-13(5-10(9)17)23(8-1-2-8)15(22-12)7(6-20)3-11(21)14(18)19/h3-6,8,14H,1-2,20-21H2/b7-6+,11-3-. The molecule has 23 heavy (non-hydrogen) atoms. The van der Waals surface area contributed by atoms with E-state index in [1.165, 1.54) is 0 Å². The summed E-state index contributed by atoms with van der Waals surface area (Å²) in [7, 11) is 0. The summed E-state index contributed by atoms with van der Waals surface area (Å²) < 4.78 is 53.9. The molecule has 0 aliphatic heterocycles. The average molecular weight is 326 g/mol. The smallest absolute Gasteiger partial charge is 0.277 e. The molecule has 0 saturated heterocycles. The maximum atomic E-state index is 13.5. The van der Waals surface area contributed by atoms with Gasteiger partial charge in [0.1, 0.15) is 5.82 Å². The molecule has 1 aromatic heterocycles. The maximum Gasteiger partial charge on any atom is 0.277 e. The fourth-order valence-electron chi connectivity index (χ4n) is 2.43. The number of halogens is 4. The van der Waals surface area contributed by atoms with Crippen molar-refractivity contribution in [2.24, 2.45) is 11.5 Å². The van der Waals surface area contributed by atoms with Crippen molar-refractivity contribution in [2.75, 3.05) is 0 Å². The lowest BCUT2D eigenvalue weighted by atomic mass is 10.2. The van der Waals surface area contributed by atoms with Gasteiger partial charge in [0, 0.05) is 29.9 Å². The zero-order chi connectivity index (χ0) is 16.7. The van der Waals surface area contributed by atoms with Crippen LogP contribution in [0.3, 0.4) is 0 Å². The Morgan fingerprint density at radius 3 is 2.48 bits per heavy atom. The minimum atomic E-state index is -2.83.